The summed E-state index contributed by atoms with van der Waals surface area (Å²) in [5.74, 6) is 0.472. The molecule has 0 spiro atoms. The lowest BCUT2D eigenvalue weighted by atomic mass is 10.4. The van der Waals surface area contributed by atoms with E-state index in [1.807, 2.05) is 0 Å². The molecule has 0 rings (SSSR count). The average Bonchev–Trinajstić information content (AvgIpc) is 1.72. The van der Waals surface area contributed by atoms with Crippen LogP contribution in [0.2, 0.25) is 6.04 Å². The number of rotatable bonds is 2. The zero-order valence-electron chi connectivity index (χ0n) is 4.32. The molecule has 0 atom stereocenters. The second-order valence-electron chi connectivity index (χ2n) is 1.27. The summed E-state index contributed by atoms with van der Waals surface area (Å²) >= 11 is 5.36. The fourth-order valence-electron chi connectivity index (χ4n) is 0.220. The van der Waals surface area contributed by atoms with Crippen molar-refractivity contribution in [3.63, 3.8) is 0 Å². The van der Waals surface area contributed by atoms with Gasteiger partial charge >= 0.3 is 0 Å². The van der Waals surface area contributed by atoms with Gasteiger partial charge in [-0.05, 0) is 11.6 Å². The Bertz CT molecular complexity index is 66.1. The van der Waals surface area contributed by atoms with Gasteiger partial charge in [-0.25, -0.2) is 0 Å². The van der Waals surface area contributed by atoms with E-state index in [2.05, 4.69) is 0 Å². The van der Waals surface area contributed by atoms with Crippen molar-refractivity contribution in [2.45, 2.75) is 6.04 Å². The third kappa shape index (κ3) is 2.71. The summed E-state index contributed by atoms with van der Waals surface area (Å²) < 4.78 is 0. The van der Waals surface area contributed by atoms with E-state index in [0.717, 1.165) is 28.1 Å². The Kier molecular flexibility index (Phi) is 4.24. The van der Waals surface area contributed by atoms with Crippen LogP contribution in [0.1, 0.15) is 0 Å². The highest BCUT2D eigenvalue weighted by atomic mass is 35.5. The normalized spacial score (nSPS) is 12.4. The maximum absolute atomic E-state index is 8.30. The van der Waals surface area contributed by atoms with Crippen molar-refractivity contribution >= 4 is 21.8 Å². The fraction of sp³-hybridized carbons (Fsp3) is 0.500. The highest BCUT2D eigenvalue weighted by Crippen LogP contribution is 1.98. The molecule has 0 saturated carbocycles. The van der Waals surface area contributed by atoms with Gasteiger partial charge in [0.15, 0.2) is 0 Å². The molecule has 0 heterocycles. The molecule has 0 amide bonds. The molecule has 1 N–H and O–H groups in total. The van der Waals surface area contributed by atoms with Crippen LogP contribution in [0, 0.1) is 0 Å². The van der Waals surface area contributed by atoms with Crippen LogP contribution in [0.3, 0.4) is 0 Å². The van der Waals surface area contributed by atoms with Gasteiger partial charge in [0.2, 0.25) is 0 Å². The lowest BCUT2D eigenvalue weighted by Crippen LogP contribution is -1.81. The molecule has 0 aromatic heterocycles. The van der Waals surface area contributed by atoms with Crippen molar-refractivity contribution in [2.24, 2.45) is 0 Å². The number of hydrogen-bond acceptors (Lipinski definition) is 1. The van der Waals surface area contributed by atoms with Gasteiger partial charge < -0.3 is 5.11 Å². The zero-order chi connectivity index (χ0) is 5.70. The molecule has 7 heavy (non-hydrogen) atoms. The first-order valence-electron chi connectivity index (χ1n) is 2.23. The number of allylic oxidation sites excluding steroid dienone is 1. The van der Waals surface area contributed by atoms with Crippen molar-refractivity contribution in [3.8, 4) is 0 Å². The highest BCUT2D eigenvalue weighted by molar-refractivity contribution is 6.20. The minimum atomic E-state index is 0.472. The number of alkyl halides is 1. The maximum Gasteiger partial charge on any atom is 0.0792 e. The number of aliphatic hydroxyl groups is 1. The molecule has 0 bridgehead atoms. The Morgan fingerprint density at radius 2 is 2.43 bits per heavy atom. The number of aliphatic hydroxyl groups excluding tert-OH is 1. The summed E-state index contributed by atoms with van der Waals surface area (Å²) in [5, 5.41) is 8.30. The molecular formula is C4H9ClOSi. The van der Waals surface area contributed by atoms with Crippen molar-refractivity contribution in [3.05, 3.63) is 11.8 Å². The van der Waals surface area contributed by atoms with Gasteiger partial charge in [0.1, 0.15) is 0 Å². The standard InChI is InChI=1S/C4H9ClOSi/c5-1-4(2-6)3-7/h2,6H,1,3H2,7H3. The van der Waals surface area contributed by atoms with Gasteiger partial charge in [-0.2, -0.15) is 0 Å². The molecule has 42 valence electrons. The zero-order valence-corrected chi connectivity index (χ0v) is 7.07. The molecule has 0 aliphatic carbocycles. The van der Waals surface area contributed by atoms with Crippen molar-refractivity contribution < 1.29 is 5.11 Å². The highest BCUT2D eigenvalue weighted by Gasteiger charge is 1.86. The molecular weight excluding hydrogens is 128 g/mol. The average molecular weight is 137 g/mol. The fourth-order valence-corrected chi connectivity index (χ4v) is 1.23. The van der Waals surface area contributed by atoms with Gasteiger partial charge in [-0.3, -0.25) is 0 Å². The third-order valence-electron chi connectivity index (χ3n) is 0.808. The second kappa shape index (κ2) is 4.21. The number of halogens is 1. The Hall–Kier alpha value is 0.0469. The minimum Gasteiger partial charge on any atom is -0.516 e. The summed E-state index contributed by atoms with van der Waals surface area (Å²) in [5.41, 5.74) is 0.938. The van der Waals surface area contributed by atoms with Gasteiger partial charge in [0.25, 0.3) is 0 Å². The van der Waals surface area contributed by atoms with Crippen LogP contribution in [0.5, 0.6) is 0 Å². The van der Waals surface area contributed by atoms with Gasteiger partial charge in [-0.15, -0.1) is 11.6 Å². The first kappa shape index (κ1) is 7.05. The molecule has 0 fully saturated rings. The smallest absolute Gasteiger partial charge is 0.0792 e. The molecule has 0 aliphatic heterocycles. The van der Waals surface area contributed by atoms with E-state index >= 15 is 0 Å². The van der Waals surface area contributed by atoms with Crippen LogP contribution in [0.15, 0.2) is 11.8 Å². The summed E-state index contributed by atoms with van der Waals surface area (Å²) in [6.07, 6.45) is 1.10. The third-order valence-corrected chi connectivity index (χ3v) is 2.06. The van der Waals surface area contributed by atoms with E-state index in [-0.39, 0.29) is 0 Å². The molecule has 0 aromatic carbocycles. The first-order chi connectivity index (χ1) is 3.35. The molecule has 0 aliphatic rings. The van der Waals surface area contributed by atoms with Gasteiger partial charge in [0.05, 0.1) is 6.26 Å². The van der Waals surface area contributed by atoms with E-state index in [0.29, 0.717) is 5.88 Å². The van der Waals surface area contributed by atoms with E-state index in [1.54, 1.807) is 0 Å². The van der Waals surface area contributed by atoms with Crippen LogP contribution in [0.25, 0.3) is 0 Å². The predicted molar refractivity (Wildman–Crippen MR) is 36.2 cm³/mol. The lowest BCUT2D eigenvalue weighted by molar-refractivity contribution is 0.467. The molecule has 0 unspecified atom stereocenters. The molecule has 3 heteroatoms. The largest absolute Gasteiger partial charge is 0.516 e. The van der Waals surface area contributed by atoms with Crippen molar-refractivity contribution in [1.29, 1.82) is 0 Å². The summed E-state index contributed by atoms with van der Waals surface area (Å²) in [6.45, 7) is 0. The van der Waals surface area contributed by atoms with Crippen molar-refractivity contribution in [1.82, 2.24) is 0 Å². The van der Waals surface area contributed by atoms with E-state index < -0.39 is 0 Å². The van der Waals surface area contributed by atoms with E-state index in [4.69, 9.17) is 16.7 Å². The predicted octanol–water partition coefficient (Wildman–Crippen LogP) is 0.451. The van der Waals surface area contributed by atoms with Crippen LogP contribution in [-0.2, 0) is 0 Å². The Balaban J connectivity index is 3.38. The monoisotopic (exact) mass is 136 g/mol. The topological polar surface area (TPSA) is 20.2 Å². The first-order valence-corrected chi connectivity index (χ1v) is 4.18. The SMILES string of the molecule is OC=C(C[SiH3])CCl. The van der Waals surface area contributed by atoms with E-state index in [1.165, 1.54) is 0 Å². The molecule has 0 radical (unpaired) electrons. The lowest BCUT2D eigenvalue weighted by Gasteiger charge is -1.90. The maximum atomic E-state index is 8.30. The Labute approximate surface area is 51.4 Å². The molecule has 0 saturated heterocycles. The van der Waals surface area contributed by atoms with Crippen LogP contribution < -0.4 is 0 Å². The van der Waals surface area contributed by atoms with Crippen molar-refractivity contribution in [2.75, 3.05) is 5.88 Å². The summed E-state index contributed by atoms with van der Waals surface area (Å²) in [7, 11) is 1.08. The van der Waals surface area contributed by atoms with Crippen LogP contribution >= 0.6 is 11.6 Å². The number of hydrogen-bond donors (Lipinski definition) is 1. The van der Waals surface area contributed by atoms with Crippen LogP contribution in [0.4, 0.5) is 0 Å². The second-order valence-corrected chi connectivity index (χ2v) is 2.25. The Morgan fingerprint density at radius 1 is 1.86 bits per heavy atom. The van der Waals surface area contributed by atoms with E-state index in [9.17, 15) is 0 Å². The van der Waals surface area contributed by atoms with Gasteiger partial charge in [0, 0.05) is 16.1 Å². The van der Waals surface area contributed by atoms with Gasteiger partial charge in [-0.1, -0.05) is 0 Å². The summed E-state index contributed by atoms with van der Waals surface area (Å²) in [6, 6.07) is 0.972. The Morgan fingerprint density at radius 3 is 2.43 bits per heavy atom. The van der Waals surface area contributed by atoms with Crippen LogP contribution in [-0.4, -0.2) is 21.2 Å². The minimum absolute atomic E-state index is 0.472. The summed E-state index contributed by atoms with van der Waals surface area (Å²) in [4.78, 5) is 0. The quantitative estimate of drug-likeness (QED) is 0.332. The molecule has 1 nitrogen and oxygen atoms in total. The molecule has 0 aromatic rings.